The summed E-state index contributed by atoms with van der Waals surface area (Å²) in [6.45, 7) is 3.23. The topological polar surface area (TPSA) is 91.0 Å². The number of urea groups is 1. The summed E-state index contributed by atoms with van der Waals surface area (Å²) in [4.78, 5) is 17.3. The maximum atomic E-state index is 13.5. The second kappa shape index (κ2) is 14.2. The molecular formula is C31H38ClFN4O4S. The fourth-order valence-electron chi connectivity index (χ4n) is 5.04. The molecule has 1 heterocycles. The lowest BCUT2D eigenvalue weighted by Crippen LogP contribution is -2.49. The molecule has 0 unspecified atom stereocenters. The highest BCUT2D eigenvalue weighted by Crippen LogP contribution is 2.33. The van der Waals surface area contributed by atoms with Crippen LogP contribution in [-0.2, 0) is 16.6 Å². The Labute approximate surface area is 253 Å². The second-order valence-electron chi connectivity index (χ2n) is 11.0. The van der Waals surface area contributed by atoms with E-state index in [1.165, 1.54) is 30.5 Å². The first-order valence-electron chi connectivity index (χ1n) is 14.1. The molecule has 3 aromatic carbocycles. The Kier molecular flexibility index (Phi) is 10.7. The molecule has 0 radical (unpaired) electrons. The molecule has 226 valence electrons. The number of carbonyl (C=O) groups excluding carboxylic acids is 1. The van der Waals surface area contributed by atoms with Gasteiger partial charge in [0.05, 0.1) is 6.26 Å². The van der Waals surface area contributed by atoms with Crippen molar-refractivity contribution < 1.29 is 22.3 Å². The van der Waals surface area contributed by atoms with Gasteiger partial charge in [0.1, 0.15) is 17.3 Å². The van der Waals surface area contributed by atoms with Gasteiger partial charge in [-0.05, 0) is 91.4 Å². The Bertz CT molecular complexity index is 1410. The summed E-state index contributed by atoms with van der Waals surface area (Å²) in [5.74, 6) is 1.71. The minimum atomic E-state index is -3.32. The van der Waals surface area contributed by atoms with Crippen molar-refractivity contribution in [3.8, 4) is 11.5 Å². The number of rotatable bonds is 11. The van der Waals surface area contributed by atoms with Crippen molar-refractivity contribution in [3.63, 3.8) is 0 Å². The molecule has 1 aliphatic carbocycles. The molecule has 1 aliphatic heterocycles. The van der Waals surface area contributed by atoms with Crippen LogP contribution in [0.25, 0.3) is 0 Å². The van der Waals surface area contributed by atoms with Crippen LogP contribution in [0.1, 0.15) is 37.7 Å². The molecule has 2 fully saturated rings. The van der Waals surface area contributed by atoms with E-state index < -0.39 is 10.0 Å². The minimum absolute atomic E-state index is 0. The molecule has 3 aromatic rings. The van der Waals surface area contributed by atoms with Gasteiger partial charge in [0.2, 0.25) is 10.0 Å². The van der Waals surface area contributed by atoms with Crippen LogP contribution in [0.2, 0.25) is 0 Å². The number of amides is 2. The molecule has 5 rings (SSSR count). The highest BCUT2D eigenvalue weighted by atomic mass is 35.5. The van der Waals surface area contributed by atoms with E-state index in [9.17, 15) is 17.6 Å². The summed E-state index contributed by atoms with van der Waals surface area (Å²) < 4.78 is 44.5. The van der Waals surface area contributed by atoms with E-state index in [1.807, 2.05) is 24.3 Å². The second-order valence-corrected chi connectivity index (χ2v) is 12.8. The molecule has 8 nitrogen and oxygen atoms in total. The Balaban J connectivity index is 0.00000405. The molecule has 2 aliphatic rings. The highest BCUT2D eigenvalue weighted by molar-refractivity contribution is 7.92. The van der Waals surface area contributed by atoms with Crippen LogP contribution >= 0.6 is 12.4 Å². The molecule has 0 bridgehead atoms. The van der Waals surface area contributed by atoms with Gasteiger partial charge in [-0.3, -0.25) is 14.5 Å². The van der Waals surface area contributed by atoms with Gasteiger partial charge >= 0.3 is 6.03 Å². The van der Waals surface area contributed by atoms with Gasteiger partial charge in [-0.25, -0.2) is 17.6 Å². The zero-order valence-electron chi connectivity index (χ0n) is 23.7. The van der Waals surface area contributed by atoms with Crippen LogP contribution in [-0.4, -0.2) is 51.3 Å². The van der Waals surface area contributed by atoms with Gasteiger partial charge < -0.3 is 10.1 Å². The average molecular weight is 617 g/mol. The highest BCUT2D eigenvalue weighted by Gasteiger charge is 2.27. The van der Waals surface area contributed by atoms with Crippen LogP contribution in [0.3, 0.4) is 0 Å². The predicted octanol–water partition coefficient (Wildman–Crippen LogP) is 6.39. The standard InChI is InChI=1S/C31H37FN4O4S.ClH/c1-41(38,39)34-27-8-14-30(15-9-27)40-29-12-4-24(5-13-29)22-35-19-17-26(18-20-35)33-31(37)36(21-16-23-2-3-23)28-10-6-25(32)7-11-28;/h4-15,23,26,34H,2-3,16-22H2,1H3,(H,33,37);1H. The van der Waals surface area contributed by atoms with E-state index in [4.69, 9.17) is 4.74 Å². The zero-order chi connectivity index (χ0) is 28.8. The molecule has 0 atom stereocenters. The summed E-state index contributed by atoms with van der Waals surface area (Å²) in [6.07, 6.45) is 6.29. The third kappa shape index (κ3) is 9.61. The number of piperidine rings is 1. The van der Waals surface area contributed by atoms with Crippen LogP contribution in [0.5, 0.6) is 11.5 Å². The van der Waals surface area contributed by atoms with Crippen molar-refractivity contribution >= 4 is 39.8 Å². The van der Waals surface area contributed by atoms with Crippen LogP contribution in [0.15, 0.2) is 72.8 Å². The fraction of sp³-hybridized carbons (Fsp3) is 0.387. The van der Waals surface area contributed by atoms with E-state index in [-0.39, 0.29) is 30.3 Å². The molecular weight excluding hydrogens is 579 g/mol. The molecule has 2 N–H and O–H groups in total. The number of benzene rings is 3. The Morgan fingerprint density at radius 3 is 2.10 bits per heavy atom. The molecule has 1 saturated carbocycles. The maximum absolute atomic E-state index is 13.5. The number of nitrogens with one attached hydrogen (secondary N) is 2. The van der Waals surface area contributed by atoms with E-state index in [2.05, 4.69) is 14.9 Å². The van der Waals surface area contributed by atoms with E-state index >= 15 is 0 Å². The number of carbonyl (C=O) groups is 1. The van der Waals surface area contributed by atoms with Crippen molar-refractivity contribution in [2.75, 3.05) is 35.5 Å². The van der Waals surface area contributed by atoms with Crippen molar-refractivity contribution in [2.45, 2.75) is 44.7 Å². The number of anilines is 2. The smallest absolute Gasteiger partial charge is 0.322 e. The first-order valence-corrected chi connectivity index (χ1v) is 16.0. The van der Waals surface area contributed by atoms with Gasteiger partial charge in [0.25, 0.3) is 0 Å². The zero-order valence-corrected chi connectivity index (χ0v) is 25.3. The average Bonchev–Trinajstić information content (AvgIpc) is 3.77. The summed E-state index contributed by atoms with van der Waals surface area (Å²) in [5.41, 5.74) is 2.39. The maximum Gasteiger partial charge on any atom is 0.322 e. The lowest BCUT2D eigenvalue weighted by molar-refractivity contribution is 0.188. The summed E-state index contributed by atoms with van der Waals surface area (Å²) >= 11 is 0. The normalized spacial score (nSPS) is 15.9. The first kappa shape index (κ1) is 31.6. The lowest BCUT2D eigenvalue weighted by Gasteiger charge is -2.34. The lowest BCUT2D eigenvalue weighted by atomic mass is 10.0. The van der Waals surface area contributed by atoms with Gasteiger partial charge in [-0.2, -0.15) is 0 Å². The Morgan fingerprint density at radius 2 is 1.52 bits per heavy atom. The van der Waals surface area contributed by atoms with Gasteiger partial charge in [0.15, 0.2) is 0 Å². The minimum Gasteiger partial charge on any atom is -0.457 e. The number of halogens is 2. The van der Waals surface area contributed by atoms with Gasteiger partial charge in [-0.15, -0.1) is 12.4 Å². The molecule has 0 aromatic heterocycles. The van der Waals surface area contributed by atoms with Crippen LogP contribution in [0.4, 0.5) is 20.6 Å². The van der Waals surface area contributed by atoms with Crippen LogP contribution in [0, 0.1) is 11.7 Å². The van der Waals surface area contributed by atoms with Crippen molar-refractivity contribution in [2.24, 2.45) is 5.92 Å². The molecule has 11 heteroatoms. The molecule has 2 amide bonds. The molecule has 0 spiro atoms. The first-order chi connectivity index (χ1) is 19.7. The number of hydrogen-bond acceptors (Lipinski definition) is 5. The Morgan fingerprint density at radius 1 is 0.929 bits per heavy atom. The number of nitrogens with zero attached hydrogens (tertiary/aromatic N) is 2. The predicted molar refractivity (Wildman–Crippen MR) is 167 cm³/mol. The van der Waals surface area contributed by atoms with Crippen molar-refractivity contribution in [1.29, 1.82) is 0 Å². The van der Waals surface area contributed by atoms with Gasteiger partial charge in [0, 0.05) is 43.6 Å². The summed E-state index contributed by atoms with van der Waals surface area (Å²) in [7, 11) is -3.32. The van der Waals surface area contributed by atoms with Crippen LogP contribution < -0.4 is 19.7 Å². The number of ether oxygens (including phenoxy) is 1. The fourth-order valence-corrected chi connectivity index (χ4v) is 5.60. The SMILES string of the molecule is CS(=O)(=O)Nc1ccc(Oc2ccc(CN3CCC(NC(=O)N(CCC4CC4)c4ccc(F)cc4)CC3)cc2)cc1.Cl. The number of hydrogen-bond donors (Lipinski definition) is 2. The van der Waals surface area contributed by atoms with E-state index in [1.54, 1.807) is 41.3 Å². The van der Waals surface area contributed by atoms with Crippen molar-refractivity contribution in [3.05, 3.63) is 84.2 Å². The summed E-state index contributed by atoms with van der Waals surface area (Å²) in [5, 5.41) is 3.22. The monoisotopic (exact) mass is 616 g/mol. The molecule has 1 saturated heterocycles. The quantitative estimate of drug-likeness (QED) is 0.260. The number of likely N-dealkylation sites (tertiary alicyclic amines) is 1. The summed E-state index contributed by atoms with van der Waals surface area (Å²) in [6, 6.07) is 20.9. The van der Waals surface area contributed by atoms with E-state index in [0.717, 1.165) is 50.8 Å². The largest absolute Gasteiger partial charge is 0.457 e. The number of sulfonamides is 1. The Hall–Kier alpha value is -3.34. The molecule has 42 heavy (non-hydrogen) atoms. The third-order valence-electron chi connectivity index (χ3n) is 7.48. The van der Waals surface area contributed by atoms with Crippen molar-refractivity contribution in [1.82, 2.24) is 10.2 Å². The van der Waals surface area contributed by atoms with E-state index in [0.29, 0.717) is 29.6 Å². The van der Waals surface area contributed by atoms with Gasteiger partial charge in [-0.1, -0.05) is 25.0 Å². The third-order valence-corrected chi connectivity index (χ3v) is 8.09.